The van der Waals surface area contributed by atoms with E-state index in [0.29, 0.717) is 11.6 Å². The summed E-state index contributed by atoms with van der Waals surface area (Å²) in [6, 6.07) is 22.2. The molecule has 3 aromatic rings. The maximum absolute atomic E-state index is 6.49. The number of hydrogen-bond donors (Lipinski definition) is 0. The summed E-state index contributed by atoms with van der Waals surface area (Å²) < 4.78 is 18.0. The smallest absolute Gasteiger partial charge is 0.213 e. The van der Waals surface area contributed by atoms with Gasteiger partial charge in [0.15, 0.2) is 0 Å². The second-order valence-corrected chi connectivity index (χ2v) is 9.67. The van der Waals surface area contributed by atoms with Gasteiger partial charge >= 0.3 is 0 Å². The highest BCUT2D eigenvalue weighted by atomic mass is 35.5. The van der Waals surface area contributed by atoms with Crippen LogP contribution in [0.3, 0.4) is 0 Å². The Morgan fingerprint density at radius 3 is 2.42 bits per heavy atom. The quantitative estimate of drug-likeness (QED) is 0.263. The molecule has 3 aromatic carbocycles. The number of halogens is 1. The highest BCUT2D eigenvalue weighted by molar-refractivity contribution is 6.30. The van der Waals surface area contributed by atoms with Crippen LogP contribution in [-0.2, 0) is 0 Å². The standard InChI is InChI=1S/C30H33ClN2O3/c1-3-5-6-7-18-35-25-15-10-22(11-16-25)30-33-28(26-19-23(31)12-17-29(26)36-30)20-27(32-33)21-8-13-24(14-9-21)34-4-2/h8-17,19,28,30H,3-7,18,20H2,1-2H3/t28-,30+/m0/s1. The Morgan fingerprint density at radius 1 is 0.917 bits per heavy atom. The average Bonchev–Trinajstić information content (AvgIpc) is 3.35. The monoisotopic (exact) mass is 504 g/mol. The van der Waals surface area contributed by atoms with Crippen LogP contribution in [0.15, 0.2) is 71.8 Å². The van der Waals surface area contributed by atoms with Crippen molar-refractivity contribution in [1.82, 2.24) is 5.01 Å². The van der Waals surface area contributed by atoms with Gasteiger partial charge in [-0.05, 0) is 85.6 Å². The molecule has 0 amide bonds. The molecular weight excluding hydrogens is 472 g/mol. The van der Waals surface area contributed by atoms with E-state index in [4.69, 9.17) is 30.9 Å². The summed E-state index contributed by atoms with van der Waals surface area (Å²) in [4.78, 5) is 0. The molecule has 0 spiro atoms. The molecule has 36 heavy (non-hydrogen) atoms. The molecule has 0 N–H and O–H groups in total. The summed E-state index contributed by atoms with van der Waals surface area (Å²) in [7, 11) is 0. The van der Waals surface area contributed by atoms with Crippen LogP contribution < -0.4 is 14.2 Å². The number of benzene rings is 3. The minimum absolute atomic E-state index is 0.0495. The Kier molecular flexibility index (Phi) is 7.66. The van der Waals surface area contributed by atoms with Crippen LogP contribution in [0.5, 0.6) is 17.2 Å². The number of unbranched alkanes of at least 4 members (excludes halogenated alkanes) is 3. The minimum atomic E-state index is -0.331. The largest absolute Gasteiger partial charge is 0.494 e. The van der Waals surface area contributed by atoms with Crippen LogP contribution in [0.2, 0.25) is 5.02 Å². The number of nitrogens with zero attached hydrogens (tertiary/aromatic N) is 2. The van der Waals surface area contributed by atoms with E-state index in [1.165, 1.54) is 19.3 Å². The maximum Gasteiger partial charge on any atom is 0.213 e. The molecule has 2 aliphatic rings. The van der Waals surface area contributed by atoms with E-state index in [9.17, 15) is 0 Å². The lowest BCUT2D eigenvalue weighted by atomic mass is 9.96. The fourth-order valence-corrected chi connectivity index (χ4v) is 4.99. The molecule has 0 saturated carbocycles. The molecule has 5 rings (SSSR count). The molecule has 0 saturated heterocycles. The topological polar surface area (TPSA) is 43.3 Å². The molecule has 2 heterocycles. The molecule has 0 unspecified atom stereocenters. The van der Waals surface area contributed by atoms with Crippen molar-refractivity contribution in [1.29, 1.82) is 0 Å². The lowest BCUT2D eigenvalue weighted by Crippen LogP contribution is -2.33. The summed E-state index contributed by atoms with van der Waals surface area (Å²) >= 11 is 6.37. The van der Waals surface area contributed by atoms with Crippen LogP contribution >= 0.6 is 11.6 Å². The van der Waals surface area contributed by atoms with E-state index in [-0.39, 0.29) is 12.3 Å². The predicted molar refractivity (Wildman–Crippen MR) is 144 cm³/mol. The van der Waals surface area contributed by atoms with Gasteiger partial charge in [0.2, 0.25) is 6.23 Å². The van der Waals surface area contributed by atoms with E-state index in [1.807, 2.05) is 49.4 Å². The first kappa shape index (κ1) is 24.5. The van der Waals surface area contributed by atoms with Gasteiger partial charge in [0.05, 0.1) is 25.0 Å². The van der Waals surface area contributed by atoms with E-state index < -0.39 is 0 Å². The molecular formula is C30H33ClN2O3. The molecule has 2 aliphatic heterocycles. The van der Waals surface area contributed by atoms with Gasteiger partial charge < -0.3 is 14.2 Å². The van der Waals surface area contributed by atoms with Gasteiger partial charge in [-0.15, -0.1) is 0 Å². The second-order valence-electron chi connectivity index (χ2n) is 9.23. The average molecular weight is 505 g/mol. The fraction of sp³-hybridized carbons (Fsp3) is 0.367. The molecule has 0 bridgehead atoms. The third-order valence-corrected chi connectivity index (χ3v) is 6.92. The normalized spacial score (nSPS) is 18.2. The van der Waals surface area contributed by atoms with Crippen molar-refractivity contribution in [3.8, 4) is 17.2 Å². The Bertz CT molecular complexity index is 1190. The molecule has 2 atom stereocenters. The van der Waals surface area contributed by atoms with E-state index >= 15 is 0 Å². The maximum atomic E-state index is 6.49. The molecule has 6 heteroatoms. The Labute approximate surface area is 218 Å². The van der Waals surface area contributed by atoms with Gasteiger partial charge in [-0.25, -0.2) is 5.01 Å². The van der Waals surface area contributed by atoms with Gasteiger partial charge in [-0.3, -0.25) is 0 Å². The first-order valence-corrected chi connectivity index (χ1v) is 13.3. The number of rotatable bonds is 10. The van der Waals surface area contributed by atoms with Gasteiger partial charge in [0, 0.05) is 22.6 Å². The van der Waals surface area contributed by atoms with Crippen molar-refractivity contribution in [3.05, 3.63) is 88.4 Å². The highest BCUT2D eigenvalue weighted by Gasteiger charge is 2.41. The summed E-state index contributed by atoms with van der Waals surface area (Å²) in [6.07, 6.45) is 5.22. The van der Waals surface area contributed by atoms with Gasteiger partial charge in [0.1, 0.15) is 17.2 Å². The number of fused-ring (bicyclic) bond motifs is 3. The minimum Gasteiger partial charge on any atom is -0.494 e. The predicted octanol–water partition coefficient (Wildman–Crippen LogP) is 7.94. The van der Waals surface area contributed by atoms with Crippen molar-refractivity contribution >= 4 is 17.3 Å². The highest BCUT2D eigenvalue weighted by Crippen LogP contribution is 2.48. The molecule has 5 nitrogen and oxygen atoms in total. The third-order valence-electron chi connectivity index (χ3n) is 6.68. The lowest BCUT2D eigenvalue weighted by Gasteiger charge is -2.38. The van der Waals surface area contributed by atoms with Crippen molar-refractivity contribution in [2.24, 2.45) is 5.10 Å². The Hall–Kier alpha value is -3.18. The number of hydrogen-bond acceptors (Lipinski definition) is 5. The molecule has 188 valence electrons. The Morgan fingerprint density at radius 2 is 1.67 bits per heavy atom. The SMILES string of the molecule is CCCCCCOc1ccc([C@H]2Oc3ccc(Cl)cc3[C@@H]3CC(c4ccc(OCC)cc4)=NN23)cc1. The zero-order valence-corrected chi connectivity index (χ0v) is 21.7. The van der Waals surface area contributed by atoms with Crippen LogP contribution in [0, 0.1) is 0 Å². The zero-order chi connectivity index (χ0) is 24.9. The van der Waals surface area contributed by atoms with Gasteiger partial charge in [-0.2, -0.15) is 5.10 Å². The Balaban J connectivity index is 1.38. The van der Waals surface area contributed by atoms with Crippen molar-refractivity contribution in [3.63, 3.8) is 0 Å². The number of ether oxygens (including phenoxy) is 3. The third kappa shape index (κ3) is 5.31. The summed E-state index contributed by atoms with van der Waals surface area (Å²) in [5.74, 6) is 2.60. The van der Waals surface area contributed by atoms with Gasteiger partial charge in [-0.1, -0.05) is 37.8 Å². The van der Waals surface area contributed by atoms with Crippen LogP contribution in [0.25, 0.3) is 0 Å². The molecule has 0 aromatic heterocycles. The van der Waals surface area contributed by atoms with Crippen LogP contribution in [0.1, 0.15) is 74.9 Å². The fourth-order valence-electron chi connectivity index (χ4n) is 4.81. The van der Waals surface area contributed by atoms with Gasteiger partial charge in [0.25, 0.3) is 0 Å². The summed E-state index contributed by atoms with van der Waals surface area (Å²) in [5.41, 5.74) is 4.21. The second kappa shape index (κ2) is 11.3. The molecule has 0 fully saturated rings. The first-order chi connectivity index (χ1) is 17.7. The van der Waals surface area contributed by atoms with E-state index in [2.05, 4.69) is 36.2 Å². The summed E-state index contributed by atoms with van der Waals surface area (Å²) in [6.45, 7) is 5.60. The molecule has 0 radical (unpaired) electrons. The lowest BCUT2D eigenvalue weighted by molar-refractivity contribution is -0.0190. The van der Waals surface area contributed by atoms with Crippen molar-refractivity contribution < 1.29 is 14.2 Å². The first-order valence-electron chi connectivity index (χ1n) is 12.9. The van der Waals surface area contributed by atoms with Crippen LogP contribution in [0.4, 0.5) is 0 Å². The summed E-state index contributed by atoms with van der Waals surface area (Å²) in [5, 5.41) is 7.83. The van der Waals surface area contributed by atoms with Crippen molar-refractivity contribution in [2.45, 2.75) is 58.2 Å². The molecule has 0 aliphatic carbocycles. The zero-order valence-electron chi connectivity index (χ0n) is 21.0. The van der Waals surface area contributed by atoms with E-state index in [0.717, 1.165) is 59.1 Å². The van der Waals surface area contributed by atoms with Crippen LogP contribution in [-0.4, -0.2) is 23.9 Å². The van der Waals surface area contributed by atoms with E-state index in [1.54, 1.807) is 0 Å². The van der Waals surface area contributed by atoms with Crippen molar-refractivity contribution in [2.75, 3.05) is 13.2 Å². The number of hydrazone groups is 1.